The van der Waals surface area contributed by atoms with Gasteiger partial charge in [-0.1, -0.05) is 18.2 Å². The van der Waals surface area contributed by atoms with Crippen molar-refractivity contribution in [3.8, 4) is 11.5 Å². The summed E-state index contributed by atoms with van der Waals surface area (Å²) in [7, 11) is 3.13. The number of anilines is 1. The first-order valence-electron chi connectivity index (χ1n) is 8.60. The first-order chi connectivity index (χ1) is 12.9. The predicted octanol–water partition coefficient (Wildman–Crippen LogP) is 3.16. The monoisotopic (exact) mass is 371 g/mol. The van der Waals surface area contributed by atoms with Gasteiger partial charge in [0.15, 0.2) is 11.5 Å². The number of methoxy groups -OCH3 is 2. The Kier molecular flexibility index (Phi) is 7.05. The SMILES string of the molecule is COc1ccc(CNC(=O)c2ccccc2NC(=O)NC(C)C)cc1OC. The van der Waals surface area contributed by atoms with Crippen molar-refractivity contribution in [2.24, 2.45) is 0 Å². The lowest BCUT2D eigenvalue weighted by Crippen LogP contribution is -2.35. The number of carbonyl (C=O) groups is 2. The Balaban J connectivity index is 2.07. The molecule has 2 aromatic rings. The van der Waals surface area contributed by atoms with Crippen LogP contribution in [0, 0.1) is 0 Å². The number of hydrogen-bond acceptors (Lipinski definition) is 4. The Morgan fingerprint density at radius 3 is 2.37 bits per heavy atom. The smallest absolute Gasteiger partial charge is 0.319 e. The van der Waals surface area contributed by atoms with Crippen LogP contribution in [-0.4, -0.2) is 32.2 Å². The molecule has 0 fully saturated rings. The molecule has 27 heavy (non-hydrogen) atoms. The number of carbonyl (C=O) groups excluding carboxylic acids is 2. The fourth-order valence-corrected chi connectivity index (χ4v) is 2.48. The molecular formula is C20H25N3O4. The molecule has 144 valence electrons. The van der Waals surface area contributed by atoms with E-state index >= 15 is 0 Å². The molecule has 0 atom stereocenters. The molecule has 3 N–H and O–H groups in total. The number of para-hydroxylation sites is 1. The van der Waals surface area contributed by atoms with Gasteiger partial charge in [0.1, 0.15) is 0 Å². The minimum Gasteiger partial charge on any atom is -0.493 e. The molecule has 2 rings (SSSR count). The quantitative estimate of drug-likeness (QED) is 0.697. The van der Waals surface area contributed by atoms with E-state index in [0.29, 0.717) is 29.3 Å². The normalized spacial score (nSPS) is 10.3. The van der Waals surface area contributed by atoms with E-state index in [9.17, 15) is 9.59 Å². The molecule has 3 amide bonds. The highest BCUT2D eigenvalue weighted by Crippen LogP contribution is 2.27. The van der Waals surface area contributed by atoms with Crippen LogP contribution in [0.2, 0.25) is 0 Å². The summed E-state index contributed by atoms with van der Waals surface area (Å²) in [5.41, 5.74) is 1.70. The van der Waals surface area contributed by atoms with E-state index in [2.05, 4.69) is 16.0 Å². The third-order valence-electron chi connectivity index (χ3n) is 3.74. The largest absolute Gasteiger partial charge is 0.493 e. The lowest BCUT2D eigenvalue weighted by molar-refractivity contribution is 0.0951. The fourth-order valence-electron chi connectivity index (χ4n) is 2.48. The van der Waals surface area contributed by atoms with Crippen molar-refractivity contribution in [2.75, 3.05) is 19.5 Å². The summed E-state index contributed by atoms with van der Waals surface area (Å²) in [5, 5.41) is 8.29. The van der Waals surface area contributed by atoms with Crippen LogP contribution in [0.3, 0.4) is 0 Å². The highest BCUT2D eigenvalue weighted by atomic mass is 16.5. The third-order valence-corrected chi connectivity index (χ3v) is 3.74. The lowest BCUT2D eigenvalue weighted by atomic mass is 10.1. The maximum Gasteiger partial charge on any atom is 0.319 e. The van der Waals surface area contributed by atoms with Crippen molar-refractivity contribution < 1.29 is 19.1 Å². The van der Waals surface area contributed by atoms with Crippen LogP contribution < -0.4 is 25.4 Å². The Labute approximate surface area is 159 Å². The summed E-state index contributed by atoms with van der Waals surface area (Å²) in [6, 6.07) is 11.9. The number of amides is 3. The Bertz CT molecular complexity index is 806. The second kappa shape index (κ2) is 9.47. The molecule has 7 nitrogen and oxygen atoms in total. The first kappa shape index (κ1) is 20.1. The summed E-state index contributed by atoms with van der Waals surface area (Å²) in [6.07, 6.45) is 0. The predicted molar refractivity (Wildman–Crippen MR) is 104 cm³/mol. The maximum absolute atomic E-state index is 12.6. The van der Waals surface area contributed by atoms with Crippen LogP contribution in [0.5, 0.6) is 11.5 Å². The van der Waals surface area contributed by atoms with Gasteiger partial charge in [0.25, 0.3) is 5.91 Å². The van der Waals surface area contributed by atoms with Crippen LogP contribution in [0.4, 0.5) is 10.5 Å². The minimum absolute atomic E-state index is 0.00367. The van der Waals surface area contributed by atoms with Gasteiger partial charge in [0.2, 0.25) is 0 Å². The molecule has 0 aromatic heterocycles. The van der Waals surface area contributed by atoms with Gasteiger partial charge in [0.05, 0.1) is 25.5 Å². The average molecular weight is 371 g/mol. The molecule has 0 spiro atoms. The molecule has 0 radical (unpaired) electrons. The highest BCUT2D eigenvalue weighted by molar-refractivity contribution is 6.03. The lowest BCUT2D eigenvalue weighted by Gasteiger charge is -2.14. The van der Waals surface area contributed by atoms with Gasteiger partial charge in [-0.15, -0.1) is 0 Å². The van der Waals surface area contributed by atoms with Crippen molar-refractivity contribution in [2.45, 2.75) is 26.4 Å². The molecular weight excluding hydrogens is 346 g/mol. The van der Waals surface area contributed by atoms with Gasteiger partial charge in [-0.3, -0.25) is 4.79 Å². The molecule has 0 saturated carbocycles. The zero-order valence-corrected chi connectivity index (χ0v) is 16.0. The average Bonchev–Trinajstić information content (AvgIpc) is 2.65. The zero-order valence-electron chi connectivity index (χ0n) is 16.0. The van der Waals surface area contributed by atoms with Crippen LogP contribution in [0.15, 0.2) is 42.5 Å². The van der Waals surface area contributed by atoms with E-state index in [1.165, 1.54) is 0 Å². The summed E-state index contributed by atoms with van der Waals surface area (Å²) in [6.45, 7) is 4.04. The molecule has 0 aliphatic rings. The standard InChI is InChI=1S/C20H25N3O4/c1-13(2)22-20(25)23-16-8-6-5-7-15(16)19(24)21-12-14-9-10-17(26-3)18(11-14)27-4/h5-11,13H,12H2,1-4H3,(H,21,24)(H2,22,23,25). The summed E-state index contributed by atoms with van der Waals surface area (Å²) in [4.78, 5) is 24.5. The maximum atomic E-state index is 12.6. The summed E-state index contributed by atoms with van der Waals surface area (Å²) in [5.74, 6) is 0.931. The van der Waals surface area contributed by atoms with Crippen LogP contribution in [0.1, 0.15) is 29.8 Å². The topological polar surface area (TPSA) is 88.7 Å². The van der Waals surface area contributed by atoms with Crippen LogP contribution in [0.25, 0.3) is 0 Å². The van der Waals surface area contributed by atoms with E-state index in [1.54, 1.807) is 50.6 Å². The number of urea groups is 1. The molecule has 0 saturated heterocycles. The molecule has 0 aliphatic heterocycles. The number of benzene rings is 2. The molecule has 2 aromatic carbocycles. The van der Waals surface area contributed by atoms with E-state index in [0.717, 1.165) is 5.56 Å². The summed E-state index contributed by atoms with van der Waals surface area (Å²) >= 11 is 0. The van der Waals surface area contributed by atoms with E-state index < -0.39 is 0 Å². The third kappa shape index (κ3) is 5.64. The fraction of sp³-hybridized carbons (Fsp3) is 0.300. The van der Waals surface area contributed by atoms with Gasteiger partial charge in [-0.25, -0.2) is 4.79 Å². The summed E-state index contributed by atoms with van der Waals surface area (Å²) < 4.78 is 10.5. The second-order valence-electron chi connectivity index (χ2n) is 6.17. The van der Waals surface area contributed by atoms with Crippen molar-refractivity contribution in [3.05, 3.63) is 53.6 Å². The van der Waals surface area contributed by atoms with Crippen molar-refractivity contribution in [1.29, 1.82) is 0 Å². The number of hydrogen-bond donors (Lipinski definition) is 3. The van der Waals surface area contributed by atoms with Gasteiger partial charge in [0, 0.05) is 12.6 Å². The Morgan fingerprint density at radius 1 is 1.00 bits per heavy atom. The van der Waals surface area contributed by atoms with Crippen molar-refractivity contribution in [3.63, 3.8) is 0 Å². The second-order valence-corrected chi connectivity index (χ2v) is 6.17. The number of rotatable bonds is 7. The van der Waals surface area contributed by atoms with E-state index in [4.69, 9.17) is 9.47 Å². The minimum atomic E-state index is -0.356. The Morgan fingerprint density at radius 2 is 1.70 bits per heavy atom. The van der Waals surface area contributed by atoms with Gasteiger partial charge in [-0.2, -0.15) is 0 Å². The molecule has 0 heterocycles. The Hall–Kier alpha value is -3.22. The molecule has 0 bridgehead atoms. The van der Waals surface area contributed by atoms with Gasteiger partial charge in [-0.05, 0) is 43.7 Å². The van der Waals surface area contributed by atoms with Crippen LogP contribution in [-0.2, 0) is 6.54 Å². The van der Waals surface area contributed by atoms with Crippen molar-refractivity contribution >= 4 is 17.6 Å². The number of nitrogens with one attached hydrogen (secondary N) is 3. The molecule has 0 aliphatic carbocycles. The van der Waals surface area contributed by atoms with Gasteiger partial charge < -0.3 is 25.4 Å². The van der Waals surface area contributed by atoms with E-state index in [-0.39, 0.29) is 18.0 Å². The van der Waals surface area contributed by atoms with Crippen molar-refractivity contribution in [1.82, 2.24) is 10.6 Å². The zero-order chi connectivity index (χ0) is 19.8. The highest BCUT2D eigenvalue weighted by Gasteiger charge is 2.14. The number of ether oxygens (including phenoxy) is 2. The molecule has 7 heteroatoms. The van der Waals surface area contributed by atoms with Crippen LogP contribution >= 0.6 is 0 Å². The molecule has 0 unspecified atom stereocenters. The van der Waals surface area contributed by atoms with E-state index in [1.807, 2.05) is 19.9 Å². The van der Waals surface area contributed by atoms with Gasteiger partial charge >= 0.3 is 6.03 Å². The first-order valence-corrected chi connectivity index (χ1v) is 8.60.